The predicted octanol–water partition coefficient (Wildman–Crippen LogP) is 4.80. The quantitative estimate of drug-likeness (QED) is 0.282. The highest BCUT2D eigenvalue weighted by molar-refractivity contribution is 7.11. The van der Waals surface area contributed by atoms with Crippen LogP contribution in [-0.2, 0) is 6.42 Å². The summed E-state index contributed by atoms with van der Waals surface area (Å²) in [5.41, 5.74) is 9.56. The third kappa shape index (κ3) is 4.51. The average Bonchev–Trinajstić information content (AvgIpc) is 2.74. The van der Waals surface area contributed by atoms with Gasteiger partial charge in [0, 0.05) is 16.3 Å². The highest BCUT2D eigenvalue weighted by Crippen LogP contribution is 2.20. The summed E-state index contributed by atoms with van der Waals surface area (Å²) in [6, 6.07) is 2.20. The Hall–Kier alpha value is -1.25. The van der Waals surface area contributed by atoms with Crippen molar-refractivity contribution in [2.45, 2.75) is 32.6 Å². The van der Waals surface area contributed by atoms with Crippen molar-refractivity contribution in [2.24, 2.45) is 5.11 Å². The van der Waals surface area contributed by atoms with Gasteiger partial charge in [0.1, 0.15) is 0 Å². The molecule has 0 saturated heterocycles. The van der Waals surface area contributed by atoms with Crippen LogP contribution in [0.15, 0.2) is 22.6 Å². The van der Waals surface area contributed by atoms with Crippen LogP contribution in [0.2, 0.25) is 0 Å². The third-order valence-corrected chi connectivity index (χ3v) is 3.23. The first-order chi connectivity index (χ1) is 7.88. The molecule has 0 aliphatic heterocycles. The molecule has 1 rings (SSSR count). The summed E-state index contributed by atoms with van der Waals surface area (Å²) in [4.78, 5) is 4.06. The minimum Gasteiger partial charge on any atom is -0.144 e. The summed E-state index contributed by atoms with van der Waals surface area (Å²) in [7, 11) is 0. The second-order valence-electron chi connectivity index (χ2n) is 3.56. The SMILES string of the molecule is CCCCc1ccsc1C=CCCN=[N+]=[N-]. The van der Waals surface area contributed by atoms with Gasteiger partial charge in [-0.2, -0.15) is 0 Å². The zero-order chi connectivity index (χ0) is 11.6. The molecule has 0 aliphatic rings. The number of thiophene rings is 1. The van der Waals surface area contributed by atoms with E-state index >= 15 is 0 Å². The van der Waals surface area contributed by atoms with Crippen molar-refractivity contribution in [1.82, 2.24) is 0 Å². The summed E-state index contributed by atoms with van der Waals surface area (Å²) in [6.45, 7) is 2.75. The summed E-state index contributed by atoms with van der Waals surface area (Å²) in [5, 5.41) is 5.63. The van der Waals surface area contributed by atoms with E-state index in [2.05, 4.69) is 40.5 Å². The molecule has 3 nitrogen and oxygen atoms in total. The number of unbranched alkanes of at least 4 members (excludes halogenated alkanes) is 1. The van der Waals surface area contributed by atoms with Gasteiger partial charge < -0.3 is 0 Å². The molecular formula is C12H17N3S. The summed E-state index contributed by atoms with van der Waals surface area (Å²) < 4.78 is 0. The average molecular weight is 235 g/mol. The number of rotatable bonds is 7. The maximum absolute atomic E-state index is 8.13. The van der Waals surface area contributed by atoms with Gasteiger partial charge in [-0.25, -0.2) is 0 Å². The van der Waals surface area contributed by atoms with E-state index in [1.54, 1.807) is 11.3 Å². The van der Waals surface area contributed by atoms with Gasteiger partial charge in [-0.05, 0) is 47.9 Å². The number of hydrogen-bond donors (Lipinski definition) is 0. The van der Waals surface area contributed by atoms with Crippen molar-refractivity contribution in [3.05, 3.63) is 38.4 Å². The highest BCUT2D eigenvalue weighted by atomic mass is 32.1. The van der Waals surface area contributed by atoms with Gasteiger partial charge in [-0.3, -0.25) is 0 Å². The summed E-state index contributed by atoms with van der Waals surface area (Å²) in [5.74, 6) is 0. The van der Waals surface area contributed by atoms with Crippen LogP contribution >= 0.6 is 11.3 Å². The second-order valence-corrected chi connectivity index (χ2v) is 4.51. The lowest BCUT2D eigenvalue weighted by atomic mass is 10.1. The molecule has 1 aromatic rings. The maximum atomic E-state index is 8.13. The molecule has 0 N–H and O–H groups in total. The number of azide groups is 1. The van der Waals surface area contributed by atoms with Crippen molar-refractivity contribution in [3.8, 4) is 0 Å². The molecule has 0 aromatic carbocycles. The first kappa shape index (κ1) is 12.8. The van der Waals surface area contributed by atoms with Gasteiger partial charge in [0.2, 0.25) is 0 Å². The first-order valence-electron chi connectivity index (χ1n) is 5.62. The summed E-state index contributed by atoms with van der Waals surface area (Å²) in [6.07, 6.45) is 8.68. The van der Waals surface area contributed by atoms with Crippen molar-refractivity contribution < 1.29 is 0 Å². The van der Waals surface area contributed by atoms with Crippen molar-refractivity contribution in [2.75, 3.05) is 6.54 Å². The zero-order valence-electron chi connectivity index (χ0n) is 9.59. The van der Waals surface area contributed by atoms with E-state index in [9.17, 15) is 0 Å². The molecule has 0 unspecified atom stereocenters. The minimum atomic E-state index is 0.544. The molecule has 0 radical (unpaired) electrons. The molecule has 0 saturated carbocycles. The lowest BCUT2D eigenvalue weighted by molar-refractivity contribution is 0.796. The molecule has 1 heterocycles. The Morgan fingerprint density at radius 3 is 3.19 bits per heavy atom. The molecule has 0 fully saturated rings. The Morgan fingerprint density at radius 2 is 2.44 bits per heavy atom. The predicted molar refractivity (Wildman–Crippen MR) is 70.6 cm³/mol. The van der Waals surface area contributed by atoms with Crippen LogP contribution in [0, 0.1) is 0 Å². The largest absolute Gasteiger partial charge is 0.144 e. The molecular weight excluding hydrogens is 218 g/mol. The van der Waals surface area contributed by atoms with Gasteiger partial charge in [-0.15, -0.1) is 11.3 Å². The fourth-order valence-electron chi connectivity index (χ4n) is 1.43. The lowest BCUT2D eigenvalue weighted by Gasteiger charge is -1.97. The molecule has 16 heavy (non-hydrogen) atoms. The van der Waals surface area contributed by atoms with E-state index in [0.29, 0.717) is 6.54 Å². The Bertz CT molecular complexity index is 375. The van der Waals surface area contributed by atoms with Gasteiger partial charge in [0.05, 0.1) is 0 Å². The molecule has 0 atom stereocenters. The Kier molecular flexibility index (Phi) is 6.38. The van der Waals surface area contributed by atoms with Crippen LogP contribution in [0.1, 0.15) is 36.6 Å². The van der Waals surface area contributed by atoms with Crippen LogP contribution in [-0.4, -0.2) is 6.54 Å². The van der Waals surface area contributed by atoms with Crippen LogP contribution in [0.5, 0.6) is 0 Å². The van der Waals surface area contributed by atoms with Gasteiger partial charge in [0.15, 0.2) is 0 Å². The number of hydrogen-bond acceptors (Lipinski definition) is 2. The van der Waals surface area contributed by atoms with E-state index in [4.69, 9.17) is 5.53 Å². The van der Waals surface area contributed by atoms with E-state index in [-0.39, 0.29) is 0 Å². The standard InChI is InChI=1S/C12H17N3S/c1-2-3-6-11-8-10-16-12(11)7-4-5-9-14-15-13/h4,7-8,10H,2-3,5-6,9H2,1H3. The fraction of sp³-hybridized carbons (Fsp3) is 0.500. The smallest absolute Gasteiger partial charge is 0.0299 e. The van der Waals surface area contributed by atoms with Crippen molar-refractivity contribution >= 4 is 17.4 Å². The minimum absolute atomic E-state index is 0.544. The Labute approximate surface area is 100 Å². The Morgan fingerprint density at radius 1 is 1.56 bits per heavy atom. The van der Waals surface area contributed by atoms with Crippen LogP contribution in [0.3, 0.4) is 0 Å². The van der Waals surface area contributed by atoms with E-state index in [1.807, 2.05) is 0 Å². The van der Waals surface area contributed by atoms with E-state index in [0.717, 1.165) is 12.8 Å². The molecule has 0 bridgehead atoms. The van der Waals surface area contributed by atoms with Crippen molar-refractivity contribution in [3.63, 3.8) is 0 Å². The van der Waals surface area contributed by atoms with Crippen LogP contribution < -0.4 is 0 Å². The second kappa shape index (κ2) is 7.97. The highest BCUT2D eigenvalue weighted by Gasteiger charge is 1.99. The number of nitrogens with zero attached hydrogens (tertiary/aromatic N) is 3. The molecule has 0 amide bonds. The first-order valence-corrected chi connectivity index (χ1v) is 6.50. The van der Waals surface area contributed by atoms with E-state index in [1.165, 1.54) is 23.3 Å². The monoisotopic (exact) mass is 235 g/mol. The van der Waals surface area contributed by atoms with Crippen molar-refractivity contribution in [1.29, 1.82) is 0 Å². The number of aryl methyl sites for hydroxylation is 1. The van der Waals surface area contributed by atoms with Gasteiger partial charge in [0.25, 0.3) is 0 Å². The van der Waals surface area contributed by atoms with E-state index < -0.39 is 0 Å². The summed E-state index contributed by atoms with van der Waals surface area (Å²) >= 11 is 1.77. The van der Waals surface area contributed by atoms with Crippen LogP contribution in [0.4, 0.5) is 0 Å². The van der Waals surface area contributed by atoms with Crippen LogP contribution in [0.25, 0.3) is 16.5 Å². The fourth-order valence-corrected chi connectivity index (χ4v) is 2.31. The van der Waals surface area contributed by atoms with Gasteiger partial charge in [-0.1, -0.05) is 24.5 Å². The molecule has 0 spiro atoms. The normalized spacial score (nSPS) is 10.6. The molecule has 86 valence electrons. The Balaban J connectivity index is 2.45. The maximum Gasteiger partial charge on any atom is 0.0299 e. The molecule has 4 heteroatoms. The zero-order valence-corrected chi connectivity index (χ0v) is 10.4. The molecule has 1 aromatic heterocycles. The topological polar surface area (TPSA) is 48.8 Å². The molecule has 0 aliphatic carbocycles. The third-order valence-electron chi connectivity index (χ3n) is 2.31. The lowest BCUT2D eigenvalue weighted by Crippen LogP contribution is -1.83. The van der Waals surface area contributed by atoms with Gasteiger partial charge >= 0.3 is 0 Å².